The van der Waals surface area contributed by atoms with Gasteiger partial charge in [-0.2, -0.15) is 0 Å². The molecule has 1 aliphatic heterocycles. The number of carbonyl (C=O) groups is 1. The maximum absolute atomic E-state index is 12.2. The number of aromatic hydroxyl groups is 1. The number of para-hydroxylation sites is 1. The molecule has 0 saturated carbocycles. The van der Waals surface area contributed by atoms with Crippen molar-refractivity contribution in [3.8, 4) is 5.75 Å². The Labute approximate surface area is 141 Å². The number of amides is 1. The largest absolute Gasteiger partial charge is 0.508 e. The summed E-state index contributed by atoms with van der Waals surface area (Å²) in [5, 5.41) is 22.8. The Morgan fingerprint density at radius 2 is 1.75 bits per heavy atom. The fraction of sp³-hybridized carbons (Fsp3) is 0.133. The molecule has 0 spiro atoms. The zero-order valence-corrected chi connectivity index (χ0v) is 13.8. The van der Waals surface area contributed by atoms with Crippen LogP contribution in [0.1, 0.15) is 16.7 Å². The first-order valence-electron chi connectivity index (χ1n) is 5.97. The average Bonchev–Trinajstić information content (AvgIpc) is 2.66. The quantitative estimate of drug-likeness (QED) is 0.740. The maximum atomic E-state index is 12.2. The number of aliphatic hydroxyl groups is 1. The van der Waals surface area contributed by atoms with E-state index in [4.69, 9.17) is 0 Å². The van der Waals surface area contributed by atoms with Gasteiger partial charge in [0.25, 0.3) is 5.91 Å². The molecule has 99 valence electrons. The minimum absolute atomic E-state index is 0. The summed E-state index contributed by atoms with van der Waals surface area (Å²) in [6.45, 7) is 1.88. The molecule has 1 heterocycles. The van der Waals surface area contributed by atoms with Crippen molar-refractivity contribution in [3.05, 3.63) is 59.2 Å². The Hall–Kier alpha value is -1.23. The number of fused-ring (bicyclic) bond motifs is 1. The molecule has 1 unspecified atom stereocenters. The minimum Gasteiger partial charge on any atom is -0.508 e. The molecule has 1 radical (unpaired) electrons. The van der Waals surface area contributed by atoms with E-state index in [2.05, 4.69) is 5.32 Å². The second-order valence-electron chi connectivity index (χ2n) is 4.71. The monoisotopic (exact) mass is 344 g/mol. The Morgan fingerprint density at radius 3 is 2.40 bits per heavy atom. The summed E-state index contributed by atoms with van der Waals surface area (Å²) in [4.78, 5) is 12.2. The molecule has 3 rings (SSSR count). The number of anilines is 1. The number of nitrogens with one attached hydrogen (secondary N) is 1. The van der Waals surface area contributed by atoms with Crippen LogP contribution in [0.2, 0.25) is 0 Å². The summed E-state index contributed by atoms with van der Waals surface area (Å²) in [5.74, 6) is -0.377. The van der Waals surface area contributed by atoms with E-state index >= 15 is 0 Å². The first kappa shape index (κ1) is 15.2. The van der Waals surface area contributed by atoms with E-state index in [1.165, 1.54) is 12.1 Å². The minimum atomic E-state index is -1.70. The third-order valence-corrected chi connectivity index (χ3v) is 3.51. The topological polar surface area (TPSA) is 69.6 Å². The second-order valence-corrected chi connectivity index (χ2v) is 4.71. The van der Waals surface area contributed by atoms with Crippen molar-refractivity contribution in [2.24, 2.45) is 0 Å². The van der Waals surface area contributed by atoms with Gasteiger partial charge in [0.1, 0.15) is 5.75 Å². The van der Waals surface area contributed by atoms with E-state index in [0.717, 1.165) is 5.56 Å². The van der Waals surface area contributed by atoms with Crippen LogP contribution in [0.25, 0.3) is 0 Å². The molecule has 1 atom stereocenters. The number of hydrogen-bond donors (Lipinski definition) is 3. The van der Waals surface area contributed by atoms with Gasteiger partial charge >= 0.3 is 0 Å². The number of hydrogen-bond acceptors (Lipinski definition) is 3. The van der Waals surface area contributed by atoms with Crippen LogP contribution in [-0.4, -0.2) is 16.1 Å². The number of benzene rings is 2. The molecule has 3 N–H and O–H groups in total. The van der Waals surface area contributed by atoms with Crippen molar-refractivity contribution in [3.63, 3.8) is 0 Å². The summed E-state index contributed by atoms with van der Waals surface area (Å²) in [6.07, 6.45) is 0. The van der Waals surface area contributed by atoms with Crippen molar-refractivity contribution < 1.29 is 47.7 Å². The maximum Gasteiger partial charge on any atom is 0.265 e. The molecule has 1 aliphatic rings. The number of phenols is 1. The molecule has 0 saturated heterocycles. The molecule has 0 aromatic heterocycles. The Kier molecular flexibility index (Phi) is 4.00. The molecule has 0 bridgehead atoms. The van der Waals surface area contributed by atoms with E-state index < -0.39 is 11.5 Å². The van der Waals surface area contributed by atoms with Crippen molar-refractivity contribution >= 4 is 11.6 Å². The molecular weight excluding hydrogens is 331 g/mol. The van der Waals surface area contributed by atoms with E-state index in [1.807, 2.05) is 13.0 Å². The fourth-order valence-electron chi connectivity index (χ4n) is 2.45. The van der Waals surface area contributed by atoms with Crippen molar-refractivity contribution in [2.45, 2.75) is 12.5 Å². The number of aryl methyl sites for hydroxylation is 1. The van der Waals surface area contributed by atoms with Crippen molar-refractivity contribution in [1.82, 2.24) is 0 Å². The normalized spacial score (nSPS) is 20.0. The van der Waals surface area contributed by atoms with Crippen LogP contribution in [0.5, 0.6) is 5.75 Å². The van der Waals surface area contributed by atoms with Gasteiger partial charge in [-0.15, -0.1) is 0 Å². The number of phenolic OH excluding ortho intramolecular Hbond substituents is 1. The Bertz CT molecular complexity index is 669. The molecule has 2 aromatic carbocycles. The number of carbonyl (C=O) groups excluding carboxylic acids is 1. The summed E-state index contributed by atoms with van der Waals surface area (Å²) in [6, 6.07) is 11.4. The predicted molar refractivity (Wildman–Crippen MR) is 70.9 cm³/mol. The Balaban J connectivity index is 0.00000147. The van der Waals surface area contributed by atoms with E-state index in [-0.39, 0.29) is 38.5 Å². The van der Waals surface area contributed by atoms with Crippen LogP contribution in [0.15, 0.2) is 42.5 Å². The third kappa shape index (κ3) is 2.08. The van der Waals surface area contributed by atoms with Crippen molar-refractivity contribution in [2.75, 3.05) is 5.32 Å². The van der Waals surface area contributed by atoms with E-state index in [0.29, 0.717) is 16.8 Å². The van der Waals surface area contributed by atoms with Crippen LogP contribution in [0, 0.1) is 6.92 Å². The van der Waals surface area contributed by atoms with Gasteiger partial charge in [-0.05, 0) is 30.2 Å². The van der Waals surface area contributed by atoms with Gasteiger partial charge in [-0.1, -0.05) is 30.3 Å². The van der Waals surface area contributed by atoms with Gasteiger partial charge in [-0.25, -0.2) is 0 Å². The van der Waals surface area contributed by atoms with Crippen LogP contribution < -0.4 is 5.32 Å². The smallest absolute Gasteiger partial charge is 0.265 e. The van der Waals surface area contributed by atoms with Crippen LogP contribution >= 0.6 is 0 Å². The van der Waals surface area contributed by atoms with Gasteiger partial charge in [0.2, 0.25) is 0 Å². The Morgan fingerprint density at radius 1 is 1.10 bits per heavy atom. The molecule has 1 amide bonds. The van der Waals surface area contributed by atoms with E-state index in [9.17, 15) is 15.0 Å². The molecule has 4 nitrogen and oxygen atoms in total. The zero-order valence-electron chi connectivity index (χ0n) is 10.9. The first-order valence-corrected chi connectivity index (χ1v) is 5.97. The second kappa shape index (κ2) is 5.28. The molecule has 0 fully saturated rings. The first-order chi connectivity index (χ1) is 9.03. The van der Waals surface area contributed by atoms with Crippen LogP contribution in [0.4, 0.5) is 5.69 Å². The van der Waals surface area contributed by atoms with E-state index in [1.54, 1.807) is 24.3 Å². The third-order valence-electron chi connectivity index (χ3n) is 3.51. The molecule has 5 heteroatoms. The number of rotatable bonds is 1. The predicted octanol–water partition coefficient (Wildman–Crippen LogP) is 1.89. The molecule has 2 aromatic rings. The summed E-state index contributed by atoms with van der Waals surface area (Å²) >= 11 is 0. The average molecular weight is 344 g/mol. The molecular formula is C15H13NO3Y. The van der Waals surface area contributed by atoms with Gasteiger partial charge in [0.05, 0.1) is 5.69 Å². The SMILES string of the molecule is Cc1cccc2c1NC(=O)C2(O)c1ccc(O)cc1.[Y]. The summed E-state index contributed by atoms with van der Waals surface area (Å²) in [7, 11) is 0. The summed E-state index contributed by atoms with van der Waals surface area (Å²) < 4.78 is 0. The summed E-state index contributed by atoms with van der Waals surface area (Å²) in [5.41, 5.74) is 0.841. The van der Waals surface area contributed by atoms with Gasteiger partial charge in [0, 0.05) is 38.3 Å². The standard InChI is InChI=1S/C15H13NO3.Y/c1-9-3-2-4-12-13(9)16-14(18)15(12,19)10-5-7-11(17)8-6-10;/h2-8,17,19H,1H3,(H,16,18);. The molecule has 20 heavy (non-hydrogen) atoms. The van der Waals surface area contributed by atoms with Gasteiger partial charge < -0.3 is 15.5 Å². The van der Waals surface area contributed by atoms with Crippen LogP contribution in [0.3, 0.4) is 0 Å². The zero-order chi connectivity index (χ0) is 13.6. The molecule has 0 aliphatic carbocycles. The fourth-order valence-corrected chi connectivity index (χ4v) is 2.45. The van der Waals surface area contributed by atoms with Gasteiger partial charge in [-0.3, -0.25) is 4.79 Å². The van der Waals surface area contributed by atoms with Crippen molar-refractivity contribution in [1.29, 1.82) is 0 Å². The van der Waals surface area contributed by atoms with Gasteiger partial charge in [0.15, 0.2) is 5.60 Å². The van der Waals surface area contributed by atoms with Crippen LogP contribution in [-0.2, 0) is 43.1 Å².